The van der Waals surface area contributed by atoms with Gasteiger partial charge in [-0.25, -0.2) is 4.39 Å². The first kappa shape index (κ1) is 12.4. The van der Waals surface area contributed by atoms with Crippen molar-refractivity contribution in [1.29, 1.82) is 0 Å². The van der Waals surface area contributed by atoms with Gasteiger partial charge in [-0.2, -0.15) is 0 Å². The maximum Gasteiger partial charge on any atom is 0.161 e. The van der Waals surface area contributed by atoms with Crippen LogP contribution in [0.4, 0.5) is 10.1 Å². The third kappa shape index (κ3) is 2.59. The van der Waals surface area contributed by atoms with E-state index in [1.165, 1.54) is 13.0 Å². The Hall–Kier alpha value is -2.10. The second-order valence-electron chi connectivity index (χ2n) is 4.27. The minimum absolute atomic E-state index is 0.0391. The Kier molecular flexibility index (Phi) is 3.46. The molecule has 1 heterocycles. The second kappa shape index (κ2) is 5.04. The van der Waals surface area contributed by atoms with Crippen molar-refractivity contribution in [3.63, 3.8) is 0 Å². The number of hydrogen-bond acceptors (Lipinski definition) is 3. The van der Waals surface area contributed by atoms with Gasteiger partial charge >= 0.3 is 0 Å². The first-order valence-electron chi connectivity index (χ1n) is 5.75. The Morgan fingerprint density at radius 3 is 2.89 bits per heavy atom. The number of nitrogens with one attached hydrogen (secondary N) is 2. The van der Waals surface area contributed by atoms with E-state index in [1.807, 2.05) is 13.0 Å². The zero-order valence-electron chi connectivity index (χ0n) is 10.4. The maximum atomic E-state index is 13.7. The predicted octanol–water partition coefficient (Wildman–Crippen LogP) is 2.51. The zero-order chi connectivity index (χ0) is 13.1. The molecule has 1 aromatic carbocycles. The lowest BCUT2D eigenvalue weighted by molar-refractivity contribution is -0.113. The Morgan fingerprint density at radius 2 is 2.22 bits per heavy atom. The lowest BCUT2D eigenvalue weighted by Gasteiger charge is -2.18. The van der Waals surface area contributed by atoms with Crippen LogP contribution in [0.2, 0.25) is 0 Å². The Balaban J connectivity index is 2.32. The fraction of sp³-hybridized carbons (Fsp3) is 0.214. The van der Waals surface area contributed by atoms with E-state index in [2.05, 4.69) is 10.6 Å². The molecule has 2 N–H and O–H groups in total. The van der Waals surface area contributed by atoms with Gasteiger partial charge in [-0.15, -0.1) is 0 Å². The van der Waals surface area contributed by atoms with E-state index in [1.54, 1.807) is 18.3 Å². The molecule has 0 amide bonds. The van der Waals surface area contributed by atoms with Gasteiger partial charge in [0.1, 0.15) is 5.82 Å². The molecule has 1 aliphatic heterocycles. The van der Waals surface area contributed by atoms with Gasteiger partial charge in [0.25, 0.3) is 0 Å². The highest BCUT2D eigenvalue weighted by Gasteiger charge is 2.13. The summed E-state index contributed by atoms with van der Waals surface area (Å²) in [6.07, 6.45) is 3.41. The number of allylic oxidation sites excluding steroid dienone is 2. The summed E-state index contributed by atoms with van der Waals surface area (Å²) in [7, 11) is 0. The van der Waals surface area contributed by atoms with Crippen LogP contribution >= 0.6 is 0 Å². The predicted molar refractivity (Wildman–Crippen MR) is 69.6 cm³/mol. The Labute approximate surface area is 105 Å². The number of dihydropyridines is 1. The molecule has 1 aromatic rings. The molecule has 0 unspecified atom stereocenters. The normalized spacial score (nSPS) is 14.4. The summed E-state index contributed by atoms with van der Waals surface area (Å²) in [6, 6.07) is 4.96. The number of rotatable bonds is 3. The standard InChI is InChI=1S/C14H15FN2O/c1-9-3-4-13(12(15)7-9)17-14-8-16-6-5-11(14)10(2)18/h3-7,16-17H,8H2,1-2H3. The first-order valence-corrected chi connectivity index (χ1v) is 5.75. The number of aryl methyl sites for hydroxylation is 1. The highest BCUT2D eigenvalue weighted by atomic mass is 19.1. The van der Waals surface area contributed by atoms with Crippen molar-refractivity contribution >= 4 is 11.5 Å². The maximum absolute atomic E-state index is 13.7. The van der Waals surface area contributed by atoms with Gasteiger partial charge in [0, 0.05) is 11.3 Å². The van der Waals surface area contributed by atoms with Gasteiger partial charge in [-0.05, 0) is 43.8 Å². The van der Waals surface area contributed by atoms with Crippen LogP contribution in [0, 0.1) is 12.7 Å². The Morgan fingerprint density at radius 1 is 1.44 bits per heavy atom. The first-order chi connectivity index (χ1) is 8.58. The molecule has 0 radical (unpaired) electrons. The van der Waals surface area contributed by atoms with Crippen LogP contribution in [0.15, 0.2) is 41.7 Å². The van der Waals surface area contributed by atoms with E-state index in [4.69, 9.17) is 0 Å². The molecule has 4 heteroatoms. The van der Waals surface area contributed by atoms with Crippen LogP contribution in [0.25, 0.3) is 0 Å². The minimum Gasteiger partial charge on any atom is -0.385 e. The molecule has 0 atom stereocenters. The van der Waals surface area contributed by atoms with Crippen LogP contribution in [0.3, 0.4) is 0 Å². The highest BCUT2D eigenvalue weighted by molar-refractivity contribution is 5.97. The molecule has 94 valence electrons. The lowest BCUT2D eigenvalue weighted by atomic mass is 10.1. The van der Waals surface area contributed by atoms with Crippen molar-refractivity contribution in [1.82, 2.24) is 5.32 Å². The summed E-state index contributed by atoms with van der Waals surface area (Å²) in [6.45, 7) is 3.81. The molecule has 0 bridgehead atoms. The van der Waals surface area contributed by atoms with E-state index in [-0.39, 0.29) is 11.6 Å². The molecule has 18 heavy (non-hydrogen) atoms. The van der Waals surface area contributed by atoms with Gasteiger partial charge < -0.3 is 10.6 Å². The van der Waals surface area contributed by atoms with E-state index in [0.717, 1.165) is 5.56 Å². The monoisotopic (exact) mass is 246 g/mol. The smallest absolute Gasteiger partial charge is 0.161 e. The van der Waals surface area contributed by atoms with E-state index >= 15 is 0 Å². The Bertz CT molecular complexity index is 547. The number of halogens is 1. The summed E-state index contributed by atoms with van der Waals surface area (Å²) >= 11 is 0. The average molecular weight is 246 g/mol. The van der Waals surface area contributed by atoms with Crippen LogP contribution in [-0.4, -0.2) is 12.3 Å². The summed E-state index contributed by atoms with van der Waals surface area (Å²) in [5.41, 5.74) is 2.51. The van der Waals surface area contributed by atoms with Crippen LogP contribution in [-0.2, 0) is 4.79 Å². The van der Waals surface area contributed by atoms with Gasteiger partial charge in [0.05, 0.1) is 12.2 Å². The molecule has 0 aromatic heterocycles. The summed E-state index contributed by atoms with van der Waals surface area (Å²) < 4.78 is 13.7. The van der Waals surface area contributed by atoms with E-state index in [9.17, 15) is 9.18 Å². The molecule has 0 saturated heterocycles. The van der Waals surface area contributed by atoms with Gasteiger partial charge in [0.15, 0.2) is 5.78 Å². The van der Waals surface area contributed by atoms with Gasteiger partial charge in [-0.1, -0.05) is 6.07 Å². The third-order valence-electron chi connectivity index (χ3n) is 2.76. The molecular formula is C14H15FN2O. The van der Waals surface area contributed by atoms with Crippen molar-refractivity contribution in [2.75, 3.05) is 11.9 Å². The molecule has 0 aliphatic carbocycles. The van der Waals surface area contributed by atoms with Crippen molar-refractivity contribution in [3.8, 4) is 0 Å². The number of carbonyl (C=O) groups excluding carboxylic acids is 1. The summed E-state index contributed by atoms with van der Waals surface area (Å²) in [5, 5.41) is 5.97. The number of hydrogen-bond donors (Lipinski definition) is 2. The highest BCUT2D eigenvalue weighted by Crippen LogP contribution is 2.20. The number of benzene rings is 1. The van der Waals surface area contributed by atoms with Gasteiger partial charge in [-0.3, -0.25) is 4.79 Å². The fourth-order valence-corrected chi connectivity index (χ4v) is 1.82. The number of Topliss-reactive ketones (excluding diaryl/α,β-unsaturated/α-hetero) is 1. The molecule has 1 aliphatic rings. The second-order valence-corrected chi connectivity index (χ2v) is 4.27. The van der Waals surface area contributed by atoms with Crippen LogP contribution in [0.1, 0.15) is 12.5 Å². The fourth-order valence-electron chi connectivity index (χ4n) is 1.82. The van der Waals surface area contributed by atoms with Crippen molar-refractivity contribution in [2.24, 2.45) is 0 Å². The number of anilines is 1. The third-order valence-corrected chi connectivity index (χ3v) is 2.76. The zero-order valence-corrected chi connectivity index (χ0v) is 10.4. The summed E-state index contributed by atoms with van der Waals surface area (Å²) in [4.78, 5) is 11.5. The molecule has 0 fully saturated rings. The van der Waals surface area contributed by atoms with Crippen molar-refractivity contribution < 1.29 is 9.18 Å². The number of carbonyl (C=O) groups is 1. The van der Waals surface area contributed by atoms with Crippen LogP contribution < -0.4 is 10.6 Å². The molecule has 0 saturated carbocycles. The molecule has 0 spiro atoms. The molecular weight excluding hydrogens is 231 g/mol. The molecule has 3 nitrogen and oxygen atoms in total. The van der Waals surface area contributed by atoms with Crippen molar-refractivity contribution in [2.45, 2.75) is 13.8 Å². The van der Waals surface area contributed by atoms with Gasteiger partial charge in [0.2, 0.25) is 0 Å². The quantitative estimate of drug-likeness (QED) is 0.861. The lowest BCUT2D eigenvalue weighted by Crippen LogP contribution is -2.23. The minimum atomic E-state index is -0.319. The van der Waals surface area contributed by atoms with Crippen molar-refractivity contribution in [3.05, 3.63) is 53.1 Å². The topological polar surface area (TPSA) is 41.1 Å². The SMILES string of the molecule is CC(=O)C1=C(Nc2ccc(C)cc2F)CNC=C1. The summed E-state index contributed by atoms with van der Waals surface area (Å²) in [5.74, 6) is -0.359. The number of ketones is 1. The van der Waals surface area contributed by atoms with E-state index in [0.29, 0.717) is 23.5 Å². The molecule has 2 rings (SSSR count). The van der Waals surface area contributed by atoms with Crippen LogP contribution in [0.5, 0.6) is 0 Å². The largest absolute Gasteiger partial charge is 0.385 e. The average Bonchev–Trinajstić information content (AvgIpc) is 2.33. The van der Waals surface area contributed by atoms with E-state index < -0.39 is 0 Å².